The number of ether oxygens (including phenoxy) is 2. The minimum Gasteiger partial charge on any atom is -0.490 e. The molecule has 0 radical (unpaired) electrons. The number of amides is 1. The van der Waals surface area contributed by atoms with Crippen LogP contribution >= 0.6 is 24.8 Å². The van der Waals surface area contributed by atoms with Crippen LogP contribution in [-0.2, 0) is 0 Å². The van der Waals surface area contributed by atoms with Crippen molar-refractivity contribution < 1.29 is 31.9 Å². The van der Waals surface area contributed by atoms with Gasteiger partial charge in [0.15, 0.2) is 5.69 Å². The predicted molar refractivity (Wildman–Crippen MR) is 121 cm³/mol. The number of hydrogen-bond donors (Lipinski definition) is 1. The summed E-state index contributed by atoms with van der Waals surface area (Å²) >= 11 is 0. The first kappa shape index (κ1) is 27.2. The van der Waals surface area contributed by atoms with E-state index in [1.807, 2.05) is 0 Å². The van der Waals surface area contributed by atoms with Crippen LogP contribution in [0.4, 0.5) is 13.2 Å². The van der Waals surface area contributed by atoms with Crippen LogP contribution in [0.25, 0.3) is 11.5 Å². The number of pyridine rings is 1. The van der Waals surface area contributed by atoms with Crippen molar-refractivity contribution in [2.24, 2.45) is 0 Å². The maximum Gasteiger partial charge on any atom is 0.573 e. The second kappa shape index (κ2) is 11.9. The number of nitrogens with one attached hydrogen (secondary N) is 1. The molecule has 3 heterocycles. The van der Waals surface area contributed by atoms with Gasteiger partial charge in [0.05, 0.1) is 12.2 Å². The van der Waals surface area contributed by atoms with E-state index in [4.69, 9.17) is 9.15 Å². The Labute approximate surface area is 205 Å². The highest BCUT2D eigenvalue weighted by molar-refractivity contribution is 5.92. The zero-order chi connectivity index (χ0) is 22.6. The Kier molecular flexibility index (Phi) is 9.54. The van der Waals surface area contributed by atoms with Gasteiger partial charge in [-0.15, -0.1) is 38.0 Å². The van der Waals surface area contributed by atoms with Gasteiger partial charge < -0.3 is 24.1 Å². The van der Waals surface area contributed by atoms with E-state index in [9.17, 15) is 18.0 Å². The predicted octanol–water partition coefficient (Wildman–Crippen LogP) is 3.97. The summed E-state index contributed by atoms with van der Waals surface area (Å²) in [5, 5.41) is 3.22. The van der Waals surface area contributed by atoms with E-state index in [-0.39, 0.29) is 60.5 Å². The van der Waals surface area contributed by atoms with Crippen LogP contribution in [0.15, 0.2) is 59.5 Å². The molecule has 0 aliphatic carbocycles. The smallest absolute Gasteiger partial charge is 0.490 e. The molecule has 1 aromatic carbocycles. The molecule has 1 amide bonds. The summed E-state index contributed by atoms with van der Waals surface area (Å²) in [7, 11) is 0. The van der Waals surface area contributed by atoms with Crippen molar-refractivity contribution in [2.45, 2.75) is 12.4 Å². The maximum atomic E-state index is 13.1. The molecule has 1 N–H and O–H groups in total. The van der Waals surface area contributed by atoms with E-state index in [0.29, 0.717) is 25.4 Å². The first-order valence-corrected chi connectivity index (χ1v) is 9.75. The third-order valence-corrected chi connectivity index (χ3v) is 4.73. The summed E-state index contributed by atoms with van der Waals surface area (Å²) in [6.07, 6.45) is -0.400. The lowest BCUT2D eigenvalue weighted by molar-refractivity contribution is -0.274. The summed E-state index contributed by atoms with van der Waals surface area (Å²) in [4.78, 5) is 22.9. The van der Waals surface area contributed by atoms with Crippen molar-refractivity contribution in [2.75, 3.05) is 26.2 Å². The number of hydrogen-bond acceptors (Lipinski definition) is 7. The van der Waals surface area contributed by atoms with E-state index >= 15 is 0 Å². The van der Waals surface area contributed by atoms with Crippen LogP contribution in [-0.4, -0.2) is 59.4 Å². The fourth-order valence-electron chi connectivity index (χ4n) is 3.28. The average molecular weight is 521 g/mol. The van der Waals surface area contributed by atoms with Gasteiger partial charge in [-0.05, 0) is 30.3 Å². The van der Waals surface area contributed by atoms with Crippen molar-refractivity contribution >= 4 is 30.7 Å². The third-order valence-electron chi connectivity index (χ3n) is 4.73. The van der Waals surface area contributed by atoms with Crippen LogP contribution in [0.5, 0.6) is 11.5 Å². The van der Waals surface area contributed by atoms with Gasteiger partial charge in [0.25, 0.3) is 5.91 Å². The van der Waals surface area contributed by atoms with Gasteiger partial charge in [-0.25, -0.2) is 4.98 Å². The lowest BCUT2D eigenvalue weighted by Crippen LogP contribution is -2.56. The highest BCUT2D eigenvalue weighted by Gasteiger charge is 2.32. The lowest BCUT2D eigenvalue weighted by atomic mass is 10.2. The van der Waals surface area contributed by atoms with Crippen molar-refractivity contribution in [3.63, 3.8) is 0 Å². The number of nitrogens with zero attached hydrogens (tertiary/aromatic N) is 3. The van der Waals surface area contributed by atoms with Gasteiger partial charge >= 0.3 is 6.36 Å². The molecule has 2 aromatic heterocycles. The Bertz CT molecular complexity index is 1070. The molecule has 8 nitrogen and oxygen atoms in total. The summed E-state index contributed by atoms with van der Waals surface area (Å²) in [6.45, 7) is 1.84. The molecule has 34 heavy (non-hydrogen) atoms. The Balaban J connectivity index is 0.00000204. The minimum absolute atomic E-state index is 0. The van der Waals surface area contributed by atoms with Gasteiger partial charge in [0.2, 0.25) is 5.89 Å². The van der Waals surface area contributed by atoms with Crippen molar-refractivity contribution in [3.8, 4) is 23.0 Å². The molecular formula is C21H21Cl2F3N4O4. The third kappa shape index (κ3) is 6.99. The van der Waals surface area contributed by atoms with Crippen molar-refractivity contribution in [1.29, 1.82) is 0 Å². The monoisotopic (exact) mass is 520 g/mol. The van der Waals surface area contributed by atoms with Crippen molar-refractivity contribution in [1.82, 2.24) is 20.2 Å². The number of rotatable bonds is 6. The van der Waals surface area contributed by atoms with E-state index in [1.165, 1.54) is 24.5 Å². The van der Waals surface area contributed by atoms with Crippen LogP contribution in [0.2, 0.25) is 0 Å². The van der Waals surface area contributed by atoms with E-state index in [1.54, 1.807) is 29.4 Å². The molecule has 4 rings (SSSR count). The largest absolute Gasteiger partial charge is 0.573 e. The van der Waals surface area contributed by atoms with Gasteiger partial charge in [-0.3, -0.25) is 9.78 Å². The Morgan fingerprint density at radius 3 is 2.74 bits per heavy atom. The number of benzene rings is 1. The number of oxazole rings is 1. The number of piperazine rings is 1. The van der Waals surface area contributed by atoms with Gasteiger partial charge in [0, 0.05) is 31.4 Å². The molecule has 1 aliphatic heterocycles. The fraction of sp³-hybridized carbons (Fsp3) is 0.286. The van der Waals surface area contributed by atoms with E-state index < -0.39 is 12.1 Å². The van der Waals surface area contributed by atoms with Gasteiger partial charge in [-0.2, -0.15) is 0 Å². The SMILES string of the molecule is Cl.Cl.O=C(c1coc(-c2cccc(OC(F)(F)F)c2)n1)N1CCNCC1COc1cccnc1. The number of alkyl halides is 3. The van der Waals surface area contributed by atoms with Crippen LogP contribution in [0.3, 0.4) is 0 Å². The second-order valence-electron chi connectivity index (χ2n) is 6.97. The topological polar surface area (TPSA) is 89.7 Å². The fourth-order valence-corrected chi connectivity index (χ4v) is 3.28. The zero-order valence-corrected chi connectivity index (χ0v) is 19.2. The Morgan fingerprint density at radius 1 is 1.21 bits per heavy atom. The normalized spacial score (nSPS) is 15.6. The molecule has 0 saturated carbocycles. The highest BCUT2D eigenvalue weighted by atomic mass is 35.5. The molecule has 0 spiro atoms. The first-order chi connectivity index (χ1) is 15.4. The Hall–Kier alpha value is -3.02. The average Bonchev–Trinajstić information content (AvgIpc) is 3.28. The number of aromatic nitrogens is 2. The molecule has 13 heteroatoms. The molecule has 1 fully saturated rings. The highest BCUT2D eigenvalue weighted by Crippen LogP contribution is 2.28. The lowest BCUT2D eigenvalue weighted by Gasteiger charge is -2.35. The van der Waals surface area contributed by atoms with Crippen LogP contribution < -0.4 is 14.8 Å². The van der Waals surface area contributed by atoms with Crippen molar-refractivity contribution in [3.05, 3.63) is 60.7 Å². The number of halogens is 5. The zero-order valence-electron chi connectivity index (χ0n) is 17.5. The molecule has 0 bridgehead atoms. The van der Waals surface area contributed by atoms with Gasteiger partial charge in [0.1, 0.15) is 24.4 Å². The quantitative estimate of drug-likeness (QED) is 0.525. The molecule has 1 saturated heterocycles. The molecular weight excluding hydrogens is 500 g/mol. The molecule has 184 valence electrons. The van der Waals surface area contributed by atoms with Crippen LogP contribution in [0, 0.1) is 0 Å². The second-order valence-corrected chi connectivity index (χ2v) is 6.97. The molecule has 1 unspecified atom stereocenters. The molecule has 1 aliphatic rings. The van der Waals surface area contributed by atoms with Crippen LogP contribution in [0.1, 0.15) is 10.5 Å². The standard InChI is InChI=1S/C21H19F3N4O4.2ClH/c22-21(23,24)32-16-4-1-3-14(9-16)19-27-18(13-31-19)20(29)28-8-7-26-10-15(28)12-30-17-5-2-6-25-11-17;;/h1-6,9,11,13,15,26H,7-8,10,12H2;2*1H. The maximum absolute atomic E-state index is 13.1. The number of carbonyl (C=O) groups excluding carboxylic acids is 1. The van der Waals surface area contributed by atoms with E-state index in [2.05, 4.69) is 20.0 Å². The summed E-state index contributed by atoms with van der Waals surface area (Å²) in [5.74, 6) is -0.158. The summed E-state index contributed by atoms with van der Waals surface area (Å²) < 4.78 is 52.4. The number of carbonyl (C=O) groups is 1. The molecule has 3 aromatic rings. The Morgan fingerprint density at radius 2 is 2.00 bits per heavy atom. The summed E-state index contributed by atoms with van der Waals surface area (Å²) in [6, 6.07) is 8.48. The van der Waals surface area contributed by atoms with E-state index in [0.717, 1.165) is 6.07 Å². The minimum atomic E-state index is -4.81. The van der Waals surface area contributed by atoms with Gasteiger partial charge in [-0.1, -0.05) is 6.07 Å². The molecule has 1 atom stereocenters. The summed E-state index contributed by atoms with van der Waals surface area (Å²) in [5.41, 5.74) is 0.304. The first-order valence-electron chi connectivity index (χ1n) is 9.75.